The Kier molecular flexibility index (Phi) is 4.61. The van der Waals surface area contributed by atoms with Crippen molar-refractivity contribution in [2.24, 2.45) is 5.73 Å². The van der Waals surface area contributed by atoms with Crippen molar-refractivity contribution in [3.05, 3.63) is 103 Å². The van der Waals surface area contributed by atoms with Crippen molar-refractivity contribution >= 4 is 11.5 Å². The molecular weight excluding hydrogens is 418 g/mol. The number of hydrogen-bond donors (Lipinski definition) is 2. The largest absolute Gasteiger partial charge is 0.338 e. The summed E-state index contributed by atoms with van der Waals surface area (Å²) in [5.74, 6) is 1.68. The molecule has 5 nitrogen and oxygen atoms in total. The molecule has 0 atom stereocenters. The minimum atomic E-state index is -0.408. The predicted molar refractivity (Wildman–Crippen MR) is 138 cm³/mol. The lowest BCUT2D eigenvalue weighted by Gasteiger charge is -2.20. The summed E-state index contributed by atoms with van der Waals surface area (Å²) in [7, 11) is 0. The average molecular weight is 444 g/mol. The summed E-state index contributed by atoms with van der Waals surface area (Å²) in [5.41, 5.74) is 14.1. The summed E-state index contributed by atoms with van der Waals surface area (Å²) in [6, 6.07) is 31.1. The summed E-state index contributed by atoms with van der Waals surface area (Å²) in [6.45, 7) is 4.04. The number of hydrogen-bond acceptors (Lipinski definition) is 4. The molecule has 0 saturated heterocycles. The van der Waals surface area contributed by atoms with Crippen LogP contribution in [0.4, 0.5) is 11.5 Å². The van der Waals surface area contributed by atoms with Crippen molar-refractivity contribution in [3.8, 4) is 39.6 Å². The average Bonchev–Trinajstić information content (AvgIpc) is 3.19. The van der Waals surface area contributed by atoms with Gasteiger partial charge in [0.05, 0.1) is 22.8 Å². The SMILES string of the molecule is CC(C)(N)c1ccc(-c2c(-c3ccccc3)nc3n2-c2cccnc2Nc2ccccc2-3)cc1. The van der Waals surface area contributed by atoms with Gasteiger partial charge in [-0.15, -0.1) is 0 Å². The normalized spacial score (nSPS) is 12.2. The number of imidazole rings is 1. The zero-order chi connectivity index (χ0) is 23.3. The Hall–Kier alpha value is -4.22. The highest BCUT2D eigenvalue weighted by Gasteiger charge is 2.28. The van der Waals surface area contributed by atoms with E-state index in [-0.39, 0.29) is 0 Å². The van der Waals surface area contributed by atoms with E-state index in [1.165, 1.54) is 0 Å². The van der Waals surface area contributed by atoms with Crippen molar-refractivity contribution in [2.75, 3.05) is 5.32 Å². The van der Waals surface area contributed by atoms with E-state index < -0.39 is 5.54 Å². The van der Waals surface area contributed by atoms with Gasteiger partial charge in [0.2, 0.25) is 0 Å². The minimum absolute atomic E-state index is 0.408. The molecule has 0 aliphatic carbocycles. The summed E-state index contributed by atoms with van der Waals surface area (Å²) in [6.07, 6.45) is 1.81. The van der Waals surface area contributed by atoms with E-state index in [0.29, 0.717) is 0 Å². The molecule has 5 heteroatoms. The first-order valence-corrected chi connectivity index (χ1v) is 11.4. The van der Waals surface area contributed by atoms with Gasteiger partial charge in [0.15, 0.2) is 5.82 Å². The molecule has 0 saturated carbocycles. The molecule has 1 aliphatic rings. The van der Waals surface area contributed by atoms with Gasteiger partial charge in [0.25, 0.3) is 0 Å². The van der Waals surface area contributed by atoms with Gasteiger partial charge in [-0.2, -0.15) is 0 Å². The molecule has 3 aromatic carbocycles. The maximum Gasteiger partial charge on any atom is 0.154 e. The molecule has 166 valence electrons. The lowest BCUT2D eigenvalue weighted by molar-refractivity contribution is 0.554. The van der Waals surface area contributed by atoms with Crippen LogP contribution in [0, 0.1) is 0 Å². The second-order valence-corrected chi connectivity index (χ2v) is 9.17. The third kappa shape index (κ3) is 3.29. The lowest BCUT2D eigenvalue weighted by Crippen LogP contribution is -2.28. The number of benzene rings is 3. The number of anilines is 2. The summed E-state index contributed by atoms with van der Waals surface area (Å²) < 4.78 is 2.23. The highest BCUT2D eigenvalue weighted by Crippen LogP contribution is 2.44. The highest BCUT2D eigenvalue weighted by molar-refractivity contribution is 5.90. The predicted octanol–water partition coefficient (Wildman–Crippen LogP) is 6.52. The maximum atomic E-state index is 6.36. The van der Waals surface area contributed by atoms with Gasteiger partial charge >= 0.3 is 0 Å². The van der Waals surface area contributed by atoms with E-state index in [4.69, 9.17) is 10.7 Å². The second kappa shape index (κ2) is 7.68. The monoisotopic (exact) mass is 443 g/mol. The summed E-state index contributed by atoms with van der Waals surface area (Å²) >= 11 is 0. The highest BCUT2D eigenvalue weighted by atomic mass is 15.2. The quantitative estimate of drug-likeness (QED) is 0.327. The molecule has 5 aromatic rings. The Bertz CT molecular complexity index is 1490. The number of nitrogens with zero attached hydrogens (tertiary/aromatic N) is 3. The van der Waals surface area contributed by atoms with Crippen LogP contribution < -0.4 is 11.1 Å². The van der Waals surface area contributed by atoms with E-state index in [1.807, 2.05) is 44.3 Å². The first-order valence-electron chi connectivity index (χ1n) is 11.4. The number of para-hydroxylation sites is 1. The van der Waals surface area contributed by atoms with Crippen molar-refractivity contribution < 1.29 is 0 Å². The van der Waals surface area contributed by atoms with Crippen LogP contribution in [0.1, 0.15) is 19.4 Å². The third-order valence-corrected chi connectivity index (χ3v) is 6.28. The Morgan fingerprint density at radius 2 is 1.53 bits per heavy atom. The van der Waals surface area contributed by atoms with Gasteiger partial charge in [-0.3, -0.25) is 4.57 Å². The number of nitrogens with two attached hydrogens (primary N) is 1. The summed E-state index contributed by atoms with van der Waals surface area (Å²) in [4.78, 5) is 9.90. The fourth-order valence-corrected chi connectivity index (χ4v) is 4.54. The van der Waals surface area contributed by atoms with Gasteiger partial charge in [0, 0.05) is 28.4 Å². The van der Waals surface area contributed by atoms with Gasteiger partial charge in [-0.25, -0.2) is 9.97 Å². The molecule has 6 rings (SSSR count). The van der Waals surface area contributed by atoms with Crippen LogP contribution in [0.25, 0.3) is 39.6 Å². The molecule has 0 radical (unpaired) electrons. The Balaban J connectivity index is 1.71. The number of aromatic nitrogens is 3. The van der Waals surface area contributed by atoms with Crippen molar-refractivity contribution in [1.29, 1.82) is 0 Å². The van der Waals surface area contributed by atoms with Crippen LogP contribution >= 0.6 is 0 Å². The molecule has 1 aliphatic heterocycles. The van der Waals surface area contributed by atoms with Crippen LogP contribution in [0.15, 0.2) is 97.2 Å². The van der Waals surface area contributed by atoms with Gasteiger partial charge in [-0.1, -0.05) is 66.7 Å². The van der Waals surface area contributed by atoms with Crippen LogP contribution in [0.2, 0.25) is 0 Å². The van der Waals surface area contributed by atoms with Gasteiger partial charge < -0.3 is 11.1 Å². The smallest absolute Gasteiger partial charge is 0.154 e. The fourth-order valence-electron chi connectivity index (χ4n) is 4.54. The maximum absolute atomic E-state index is 6.36. The van der Waals surface area contributed by atoms with Crippen molar-refractivity contribution in [1.82, 2.24) is 14.5 Å². The molecule has 3 N–H and O–H groups in total. The fraction of sp³-hybridized carbons (Fsp3) is 0.103. The molecule has 2 aromatic heterocycles. The van der Waals surface area contributed by atoms with E-state index in [2.05, 4.69) is 81.6 Å². The van der Waals surface area contributed by atoms with Crippen molar-refractivity contribution in [2.45, 2.75) is 19.4 Å². The van der Waals surface area contributed by atoms with Crippen LogP contribution in [-0.2, 0) is 5.54 Å². The second-order valence-electron chi connectivity index (χ2n) is 9.17. The van der Waals surface area contributed by atoms with E-state index in [1.54, 1.807) is 0 Å². The molecule has 0 bridgehead atoms. The molecule has 3 heterocycles. The first-order chi connectivity index (χ1) is 16.5. The van der Waals surface area contributed by atoms with Gasteiger partial charge in [0.1, 0.15) is 5.82 Å². The van der Waals surface area contributed by atoms with Crippen molar-refractivity contribution in [3.63, 3.8) is 0 Å². The Morgan fingerprint density at radius 1 is 0.794 bits per heavy atom. The molecule has 0 spiro atoms. The van der Waals surface area contributed by atoms with Gasteiger partial charge in [-0.05, 0) is 43.7 Å². The topological polar surface area (TPSA) is 68.8 Å². The molecule has 0 unspecified atom stereocenters. The first kappa shape index (κ1) is 20.4. The zero-order valence-electron chi connectivity index (χ0n) is 19.2. The Labute approximate surface area is 198 Å². The molecule has 34 heavy (non-hydrogen) atoms. The van der Waals surface area contributed by atoms with E-state index in [9.17, 15) is 0 Å². The third-order valence-electron chi connectivity index (χ3n) is 6.28. The van der Waals surface area contributed by atoms with E-state index in [0.717, 1.165) is 56.7 Å². The van der Waals surface area contributed by atoms with Crippen LogP contribution in [0.5, 0.6) is 0 Å². The standard InChI is InChI=1S/C29H25N5/c1-29(2,30)21-16-14-20(15-17-21)26-25(19-9-4-3-5-10-19)33-28-22-11-6-7-12-23(22)32-27-24(34(26)28)13-8-18-31-27/h3-18H,30H2,1-2H3,(H,31,32). The Morgan fingerprint density at radius 3 is 2.29 bits per heavy atom. The number of nitrogens with one attached hydrogen (secondary N) is 1. The summed E-state index contributed by atoms with van der Waals surface area (Å²) in [5, 5.41) is 3.51. The number of rotatable bonds is 3. The molecular formula is C29H25N5. The molecule has 0 fully saturated rings. The number of pyridine rings is 1. The number of fused-ring (bicyclic) bond motifs is 5. The van der Waals surface area contributed by atoms with Crippen LogP contribution in [-0.4, -0.2) is 14.5 Å². The van der Waals surface area contributed by atoms with Crippen LogP contribution in [0.3, 0.4) is 0 Å². The minimum Gasteiger partial charge on any atom is -0.338 e. The molecule has 0 amide bonds. The van der Waals surface area contributed by atoms with E-state index >= 15 is 0 Å². The lowest BCUT2D eigenvalue weighted by atomic mass is 9.93. The zero-order valence-corrected chi connectivity index (χ0v) is 19.2.